The summed E-state index contributed by atoms with van der Waals surface area (Å²) in [7, 11) is 0. The van der Waals surface area contributed by atoms with Crippen LogP contribution in [0.2, 0.25) is 0 Å². The lowest BCUT2D eigenvalue weighted by molar-refractivity contribution is -0.183. The van der Waals surface area contributed by atoms with Crippen LogP contribution in [0.15, 0.2) is 12.1 Å². The molecule has 4 aliphatic heterocycles. The van der Waals surface area contributed by atoms with Crippen LogP contribution in [-0.4, -0.2) is 65.0 Å². The smallest absolute Gasteiger partial charge is 0.262 e. The summed E-state index contributed by atoms with van der Waals surface area (Å²) >= 11 is 0. The largest absolute Gasteiger partial charge is 0.348 e. The Kier molecular flexibility index (Phi) is 4.90. The summed E-state index contributed by atoms with van der Waals surface area (Å²) < 4.78 is 11.7. The zero-order valence-corrected chi connectivity index (χ0v) is 18.4. The van der Waals surface area contributed by atoms with Crippen LogP contribution in [-0.2, 0) is 32.2 Å². The van der Waals surface area contributed by atoms with Crippen molar-refractivity contribution in [3.8, 4) is 0 Å². The summed E-state index contributed by atoms with van der Waals surface area (Å²) in [6, 6.07) is 2.73. The molecule has 0 bridgehead atoms. The van der Waals surface area contributed by atoms with Gasteiger partial charge in [-0.25, -0.2) is 0 Å². The normalized spacial score (nSPS) is 27.4. The van der Waals surface area contributed by atoms with E-state index in [1.54, 1.807) is 0 Å². The number of piperidine rings is 1. The lowest BCUT2D eigenvalue weighted by Crippen LogP contribution is -2.54. The Morgan fingerprint density at radius 3 is 2.09 bits per heavy atom. The first-order valence-corrected chi connectivity index (χ1v) is 11.8. The molecule has 174 valence electrons. The maximum absolute atomic E-state index is 13.1. The van der Waals surface area contributed by atoms with Crippen molar-refractivity contribution in [2.45, 2.75) is 63.4 Å². The number of carbonyl (C=O) groups excluding carboxylic acids is 4. The number of amides is 4. The number of hydrogen-bond donors (Lipinski definition) is 1. The van der Waals surface area contributed by atoms with E-state index >= 15 is 0 Å². The Morgan fingerprint density at radius 1 is 0.909 bits per heavy atom. The third kappa shape index (κ3) is 3.50. The predicted octanol–water partition coefficient (Wildman–Crippen LogP) is 1.34. The average Bonchev–Trinajstić information content (AvgIpc) is 3.47. The third-order valence-corrected chi connectivity index (χ3v) is 7.74. The molecule has 1 aromatic rings. The molecule has 1 aliphatic carbocycles. The molecule has 5 aliphatic rings. The zero-order chi connectivity index (χ0) is 22.7. The SMILES string of the molecule is O=C1CCC(N2C(=O)c3cc4c(cc3C2=O)CN(CC2CCC3(CC2)OCCO3)C4)C(=O)N1. The summed E-state index contributed by atoms with van der Waals surface area (Å²) in [4.78, 5) is 53.2. The van der Waals surface area contributed by atoms with Gasteiger partial charge in [0.2, 0.25) is 11.8 Å². The van der Waals surface area contributed by atoms with Crippen LogP contribution in [0.3, 0.4) is 0 Å². The molecule has 9 heteroatoms. The number of benzene rings is 1. The third-order valence-electron chi connectivity index (χ3n) is 7.74. The van der Waals surface area contributed by atoms with Crippen molar-refractivity contribution in [3.63, 3.8) is 0 Å². The predicted molar refractivity (Wildman–Crippen MR) is 114 cm³/mol. The van der Waals surface area contributed by atoms with Crippen LogP contribution in [0, 0.1) is 5.92 Å². The molecule has 1 unspecified atom stereocenters. The summed E-state index contributed by atoms with van der Waals surface area (Å²) in [5.74, 6) is -1.61. The van der Waals surface area contributed by atoms with Crippen LogP contribution < -0.4 is 5.32 Å². The van der Waals surface area contributed by atoms with Crippen molar-refractivity contribution in [3.05, 3.63) is 34.4 Å². The Labute approximate surface area is 191 Å². The number of imide groups is 2. The average molecular weight is 453 g/mol. The van der Waals surface area contributed by atoms with Gasteiger partial charge in [-0.2, -0.15) is 0 Å². The summed E-state index contributed by atoms with van der Waals surface area (Å²) in [6.45, 7) is 3.85. The molecule has 0 radical (unpaired) electrons. The maximum Gasteiger partial charge on any atom is 0.262 e. The zero-order valence-electron chi connectivity index (χ0n) is 18.4. The molecule has 1 N–H and O–H groups in total. The van der Waals surface area contributed by atoms with Crippen molar-refractivity contribution < 1.29 is 28.7 Å². The van der Waals surface area contributed by atoms with Crippen LogP contribution >= 0.6 is 0 Å². The quantitative estimate of drug-likeness (QED) is 0.689. The van der Waals surface area contributed by atoms with Gasteiger partial charge in [0.05, 0.1) is 24.3 Å². The van der Waals surface area contributed by atoms with E-state index in [9.17, 15) is 19.2 Å². The van der Waals surface area contributed by atoms with Gasteiger partial charge in [-0.05, 0) is 48.4 Å². The van der Waals surface area contributed by atoms with Crippen molar-refractivity contribution in [1.82, 2.24) is 15.1 Å². The Hall–Kier alpha value is -2.62. The molecule has 1 atom stereocenters. The molecule has 4 heterocycles. The molecule has 6 rings (SSSR count). The van der Waals surface area contributed by atoms with E-state index in [1.807, 2.05) is 12.1 Å². The standard InChI is InChI=1S/C24H27N3O6/c28-20-2-1-19(21(29)25-20)27-22(30)17-9-15-12-26(13-16(15)10-18(17)23(27)31)11-14-3-5-24(6-4-14)32-7-8-33-24/h9-10,14,19H,1-8,11-13H2,(H,25,28,29). The van der Waals surface area contributed by atoms with E-state index in [-0.39, 0.29) is 24.5 Å². The minimum atomic E-state index is -0.927. The van der Waals surface area contributed by atoms with E-state index in [2.05, 4.69) is 10.2 Å². The van der Waals surface area contributed by atoms with Gasteiger partial charge < -0.3 is 9.47 Å². The molecule has 1 saturated carbocycles. The highest BCUT2D eigenvalue weighted by Crippen LogP contribution is 2.40. The second-order valence-corrected chi connectivity index (χ2v) is 9.83. The topological polar surface area (TPSA) is 105 Å². The monoisotopic (exact) mass is 453 g/mol. The van der Waals surface area contributed by atoms with Gasteiger partial charge >= 0.3 is 0 Å². The molecule has 4 amide bonds. The number of fused-ring (bicyclic) bond motifs is 2. The van der Waals surface area contributed by atoms with Crippen LogP contribution in [0.25, 0.3) is 0 Å². The lowest BCUT2D eigenvalue weighted by Gasteiger charge is -2.36. The number of nitrogens with zero attached hydrogens (tertiary/aromatic N) is 2. The number of rotatable bonds is 3. The van der Waals surface area contributed by atoms with Gasteiger partial charge in [0, 0.05) is 38.9 Å². The number of ether oxygens (including phenoxy) is 2. The highest BCUT2D eigenvalue weighted by Gasteiger charge is 2.46. The van der Waals surface area contributed by atoms with Gasteiger partial charge in [0.1, 0.15) is 6.04 Å². The first kappa shape index (κ1) is 20.9. The Morgan fingerprint density at radius 2 is 1.52 bits per heavy atom. The molecule has 3 fully saturated rings. The first-order valence-electron chi connectivity index (χ1n) is 11.8. The number of nitrogens with one attached hydrogen (secondary N) is 1. The van der Waals surface area contributed by atoms with Crippen LogP contribution in [0.1, 0.15) is 70.4 Å². The fraction of sp³-hybridized carbons (Fsp3) is 0.583. The number of hydrogen-bond acceptors (Lipinski definition) is 7. The summed E-state index contributed by atoms with van der Waals surface area (Å²) in [5.41, 5.74) is 2.85. The molecule has 1 aromatic carbocycles. The van der Waals surface area contributed by atoms with Gasteiger partial charge in [0.25, 0.3) is 11.8 Å². The van der Waals surface area contributed by atoms with Gasteiger partial charge in [-0.15, -0.1) is 0 Å². The van der Waals surface area contributed by atoms with E-state index in [0.29, 0.717) is 30.3 Å². The Balaban J connectivity index is 1.13. The maximum atomic E-state index is 13.1. The minimum Gasteiger partial charge on any atom is -0.348 e. The second kappa shape index (κ2) is 7.72. The molecular weight excluding hydrogens is 426 g/mol. The van der Waals surface area contributed by atoms with E-state index in [1.165, 1.54) is 0 Å². The van der Waals surface area contributed by atoms with Crippen molar-refractivity contribution >= 4 is 23.6 Å². The molecule has 0 aromatic heterocycles. The fourth-order valence-electron chi connectivity index (χ4n) is 6.02. The summed E-state index contributed by atoms with van der Waals surface area (Å²) in [5, 5.41) is 2.23. The first-order chi connectivity index (χ1) is 15.9. The van der Waals surface area contributed by atoms with E-state index in [4.69, 9.17) is 9.47 Å². The molecule has 9 nitrogen and oxygen atoms in total. The van der Waals surface area contributed by atoms with Gasteiger partial charge in [-0.1, -0.05) is 0 Å². The van der Waals surface area contributed by atoms with Gasteiger partial charge in [0.15, 0.2) is 5.79 Å². The van der Waals surface area contributed by atoms with E-state index < -0.39 is 23.8 Å². The van der Waals surface area contributed by atoms with Crippen molar-refractivity contribution in [2.75, 3.05) is 19.8 Å². The highest BCUT2D eigenvalue weighted by molar-refractivity contribution is 6.23. The van der Waals surface area contributed by atoms with Crippen molar-refractivity contribution in [1.29, 1.82) is 0 Å². The van der Waals surface area contributed by atoms with Crippen LogP contribution in [0.4, 0.5) is 0 Å². The molecular formula is C24H27N3O6. The fourth-order valence-corrected chi connectivity index (χ4v) is 6.02. The molecule has 1 spiro atoms. The van der Waals surface area contributed by atoms with E-state index in [0.717, 1.165) is 61.3 Å². The molecule has 33 heavy (non-hydrogen) atoms. The Bertz CT molecular complexity index is 1010. The van der Waals surface area contributed by atoms with Crippen LogP contribution in [0.5, 0.6) is 0 Å². The minimum absolute atomic E-state index is 0.121. The van der Waals surface area contributed by atoms with Gasteiger partial charge in [-0.3, -0.25) is 34.3 Å². The summed E-state index contributed by atoms with van der Waals surface area (Å²) in [6.07, 6.45) is 4.30. The highest BCUT2D eigenvalue weighted by atomic mass is 16.7. The molecule has 2 saturated heterocycles. The second-order valence-electron chi connectivity index (χ2n) is 9.83. The lowest BCUT2D eigenvalue weighted by atomic mass is 9.85. The number of carbonyl (C=O) groups is 4. The van der Waals surface area contributed by atoms with Crippen molar-refractivity contribution in [2.24, 2.45) is 5.92 Å².